The fraction of sp³-hybridized carbons (Fsp3) is 0.125. The predicted octanol–water partition coefficient (Wildman–Crippen LogP) is 2.80. The molecule has 3 nitrogen and oxygen atoms in total. The minimum Gasteiger partial charge on any atom is -0.450 e. The van der Waals surface area contributed by atoms with Gasteiger partial charge in [-0.15, -0.1) is 0 Å². The number of carboxylic acid groups (broad SMARTS) is 2. The number of alkyl halides is 1. The molecule has 0 saturated heterocycles. The lowest BCUT2D eigenvalue weighted by molar-refractivity contribution is 0.137. The van der Waals surface area contributed by atoms with Crippen LogP contribution in [0.1, 0.15) is 5.56 Å². The van der Waals surface area contributed by atoms with Crippen LogP contribution < -0.4 is 0 Å². The third kappa shape index (κ3) is 7.08. The Balaban J connectivity index is 0.000000261. The number of benzene rings is 1. The molecule has 0 aliphatic heterocycles. The zero-order valence-corrected chi connectivity index (χ0v) is 7.86. The largest absolute Gasteiger partial charge is 0.503 e. The van der Waals surface area contributed by atoms with E-state index in [0.717, 1.165) is 5.33 Å². The first-order valence-electron chi connectivity index (χ1n) is 3.18. The molecule has 1 aromatic rings. The highest BCUT2D eigenvalue weighted by Crippen LogP contribution is 2.02. The maximum Gasteiger partial charge on any atom is 0.503 e. The van der Waals surface area contributed by atoms with Crippen LogP contribution in [0.15, 0.2) is 30.3 Å². The number of halogens is 1. The van der Waals surface area contributed by atoms with Crippen LogP contribution in [0.4, 0.5) is 4.79 Å². The molecule has 66 valence electrons. The highest BCUT2D eigenvalue weighted by molar-refractivity contribution is 9.08. The van der Waals surface area contributed by atoms with Crippen molar-refractivity contribution < 1.29 is 15.0 Å². The van der Waals surface area contributed by atoms with E-state index in [1.807, 2.05) is 18.2 Å². The quantitative estimate of drug-likeness (QED) is 0.733. The first kappa shape index (κ1) is 11.0. The molecular formula is C8H9BrO3. The zero-order chi connectivity index (χ0) is 9.40. The number of hydrogen-bond acceptors (Lipinski definition) is 1. The van der Waals surface area contributed by atoms with Gasteiger partial charge in [-0.2, -0.15) is 0 Å². The summed E-state index contributed by atoms with van der Waals surface area (Å²) in [6.45, 7) is 0. The molecule has 0 aromatic heterocycles. The number of hydrogen-bond donors (Lipinski definition) is 2. The van der Waals surface area contributed by atoms with Crippen molar-refractivity contribution in [3.63, 3.8) is 0 Å². The van der Waals surface area contributed by atoms with Gasteiger partial charge in [0.15, 0.2) is 0 Å². The minimum absolute atomic E-state index is 0.952. The molecule has 12 heavy (non-hydrogen) atoms. The Labute approximate surface area is 78.8 Å². The lowest BCUT2D eigenvalue weighted by atomic mass is 10.2. The first-order valence-corrected chi connectivity index (χ1v) is 4.30. The highest BCUT2D eigenvalue weighted by Gasteiger charge is 1.81. The van der Waals surface area contributed by atoms with Crippen molar-refractivity contribution in [1.82, 2.24) is 0 Å². The third-order valence-electron chi connectivity index (χ3n) is 0.997. The van der Waals surface area contributed by atoms with E-state index in [4.69, 9.17) is 15.0 Å². The van der Waals surface area contributed by atoms with Gasteiger partial charge in [0.2, 0.25) is 0 Å². The fourth-order valence-corrected chi connectivity index (χ4v) is 0.941. The average Bonchev–Trinajstić information content (AvgIpc) is 2.05. The van der Waals surface area contributed by atoms with Gasteiger partial charge in [-0.1, -0.05) is 46.3 Å². The molecular weight excluding hydrogens is 224 g/mol. The predicted molar refractivity (Wildman–Crippen MR) is 49.7 cm³/mol. The van der Waals surface area contributed by atoms with Crippen LogP contribution in [0.25, 0.3) is 0 Å². The Morgan fingerprint density at radius 2 is 1.67 bits per heavy atom. The average molecular weight is 233 g/mol. The van der Waals surface area contributed by atoms with Gasteiger partial charge in [-0.05, 0) is 5.56 Å². The number of carbonyl (C=O) groups is 1. The smallest absolute Gasteiger partial charge is 0.450 e. The van der Waals surface area contributed by atoms with Crippen molar-refractivity contribution in [3.05, 3.63) is 35.9 Å². The van der Waals surface area contributed by atoms with Crippen LogP contribution in [0.3, 0.4) is 0 Å². The SMILES string of the molecule is BrCc1ccccc1.O=C(O)O. The molecule has 0 amide bonds. The zero-order valence-electron chi connectivity index (χ0n) is 6.27. The van der Waals surface area contributed by atoms with E-state index in [9.17, 15) is 0 Å². The van der Waals surface area contributed by atoms with E-state index in [-0.39, 0.29) is 0 Å². The third-order valence-corrected chi connectivity index (χ3v) is 1.64. The Kier molecular flexibility index (Phi) is 6.09. The van der Waals surface area contributed by atoms with E-state index in [0.29, 0.717) is 0 Å². The van der Waals surface area contributed by atoms with E-state index >= 15 is 0 Å². The van der Waals surface area contributed by atoms with Crippen LogP contribution in [-0.4, -0.2) is 16.4 Å². The van der Waals surface area contributed by atoms with Crippen LogP contribution in [0.5, 0.6) is 0 Å². The van der Waals surface area contributed by atoms with Gasteiger partial charge < -0.3 is 10.2 Å². The highest BCUT2D eigenvalue weighted by atomic mass is 79.9. The molecule has 0 atom stereocenters. The number of rotatable bonds is 1. The molecule has 0 fully saturated rings. The van der Waals surface area contributed by atoms with Gasteiger partial charge >= 0.3 is 6.16 Å². The monoisotopic (exact) mass is 232 g/mol. The van der Waals surface area contributed by atoms with E-state index in [2.05, 4.69) is 28.1 Å². The molecule has 1 aromatic carbocycles. The van der Waals surface area contributed by atoms with E-state index in [1.165, 1.54) is 5.56 Å². The summed E-state index contributed by atoms with van der Waals surface area (Å²) >= 11 is 3.36. The summed E-state index contributed by atoms with van der Waals surface area (Å²) in [6, 6.07) is 10.3. The van der Waals surface area contributed by atoms with Gasteiger partial charge in [-0.25, -0.2) is 4.79 Å². The summed E-state index contributed by atoms with van der Waals surface area (Å²) < 4.78 is 0. The molecule has 0 bridgehead atoms. The molecule has 0 heterocycles. The summed E-state index contributed by atoms with van der Waals surface area (Å²) in [5.41, 5.74) is 1.33. The topological polar surface area (TPSA) is 57.5 Å². The molecule has 0 spiro atoms. The van der Waals surface area contributed by atoms with Gasteiger partial charge in [0.1, 0.15) is 0 Å². The van der Waals surface area contributed by atoms with Crippen molar-refractivity contribution in [3.8, 4) is 0 Å². The van der Waals surface area contributed by atoms with Crippen molar-refractivity contribution in [2.75, 3.05) is 0 Å². The summed E-state index contributed by atoms with van der Waals surface area (Å²) in [5, 5.41) is 14.9. The second-order valence-electron chi connectivity index (χ2n) is 1.90. The Bertz CT molecular complexity index is 219. The Morgan fingerprint density at radius 1 is 1.25 bits per heavy atom. The molecule has 0 aliphatic rings. The van der Waals surface area contributed by atoms with Gasteiger partial charge in [0.05, 0.1) is 0 Å². The van der Waals surface area contributed by atoms with Crippen molar-refractivity contribution >= 4 is 22.1 Å². The normalized spacial score (nSPS) is 8.08. The molecule has 0 saturated carbocycles. The van der Waals surface area contributed by atoms with E-state index in [1.54, 1.807) is 0 Å². The van der Waals surface area contributed by atoms with Crippen LogP contribution in [-0.2, 0) is 5.33 Å². The molecule has 0 radical (unpaired) electrons. The maximum absolute atomic E-state index is 8.56. The summed E-state index contributed by atoms with van der Waals surface area (Å²) in [7, 11) is 0. The van der Waals surface area contributed by atoms with Crippen LogP contribution in [0, 0.1) is 0 Å². The molecule has 1 rings (SSSR count). The molecule has 4 heteroatoms. The molecule has 0 unspecified atom stereocenters. The second-order valence-corrected chi connectivity index (χ2v) is 2.46. The van der Waals surface area contributed by atoms with Crippen LogP contribution in [0.2, 0.25) is 0 Å². The fourth-order valence-electron chi connectivity index (χ4n) is 0.567. The Morgan fingerprint density at radius 3 is 1.92 bits per heavy atom. The van der Waals surface area contributed by atoms with Gasteiger partial charge in [0, 0.05) is 5.33 Å². The van der Waals surface area contributed by atoms with Crippen molar-refractivity contribution in [1.29, 1.82) is 0 Å². The van der Waals surface area contributed by atoms with Gasteiger partial charge in [0.25, 0.3) is 0 Å². The van der Waals surface area contributed by atoms with Crippen LogP contribution >= 0.6 is 15.9 Å². The first-order chi connectivity index (χ1) is 5.66. The van der Waals surface area contributed by atoms with Crippen molar-refractivity contribution in [2.24, 2.45) is 0 Å². The van der Waals surface area contributed by atoms with E-state index < -0.39 is 6.16 Å². The van der Waals surface area contributed by atoms with Gasteiger partial charge in [-0.3, -0.25) is 0 Å². The second kappa shape index (κ2) is 6.67. The summed E-state index contributed by atoms with van der Waals surface area (Å²) in [6.07, 6.45) is -1.83. The summed E-state index contributed by atoms with van der Waals surface area (Å²) in [5.74, 6) is 0. The summed E-state index contributed by atoms with van der Waals surface area (Å²) in [4.78, 5) is 8.56. The lowest BCUT2D eigenvalue weighted by Gasteiger charge is -1.88. The Hall–Kier alpha value is -1.03. The maximum atomic E-state index is 8.56. The minimum atomic E-state index is -1.83. The standard InChI is InChI=1S/C7H7Br.CH2O3/c8-6-7-4-2-1-3-5-7;2-1(3)4/h1-5H,6H2;(H2,2,3,4). The molecule has 2 N–H and O–H groups in total. The van der Waals surface area contributed by atoms with Crippen molar-refractivity contribution in [2.45, 2.75) is 5.33 Å². The lowest BCUT2D eigenvalue weighted by Crippen LogP contribution is -1.81. The molecule has 0 aliphatic carbocycles.